The van der Waals surface area contributed by atoms with Gasteiger partial charge in [0.05, 0.1) is 4.90 Å². The zero-order chi connectivity index (χ0) is 17.6. The standard InChI is InChI=1S/C18H22N2O3S/c1-14-10-11-17(20-15(2)21)13-18(14)24(22,23)19-12-6-9-16-7-4-3-5-8-16/h3-5,7-8,10-11,13,19H,6,9,12H2,1-2H3,(H,20,21). The molecule has 0 spiro atoms. The summed E-state index contributed by atoms with van der Waals surface area (Å²) in [4.78, 5) is 11.3. The second kappa shape index (κ2) is 8.08. The van der Waals surface area contributed by atoms with E-state index in [1.807, 2.05) is 30.3 Å². The SMILES string of the molecule is CC(=O)Nc1ccc(C)c(S(=O)(=O)NCCCc2ccccc2)c1. The normalized spacial score (nSPS) is 11.2. The Kier molecular flexibility index (Phi) is 6.11. The van der Waals surface area contributed by atoms with Crippen molar-refractivity contribution in [2.75, 3.05) is 11.9 Å². The Morgan fingerprint density at radius 2 is 1.79 bits per heavy atom. The number of amides is 1. The van der Waals surface area contributed by atoms with Crippen molar-refractivity contribution in [1.29, 1.82) is 0 Å². The predicted octanol–water partition coefficient (Wildman–Crippen LogP) is 2.86. The Bertz CT molecular complexity index is 802. The fraction of sp³-hybridized carbons (Fsp3) is 0.278. The largest absolute Gasteiger partial charge is 0.326 e. The Balaban J connectivity index is 2.00. The smallest absolute Gasteiger partial charge is 0.240 e. The fourth-order valence-electron chi connectivity index (χ4n) is 2.39. The fourth-order valence-corrected chi connectivity index (χ4v) is 3.73. The minimum atomic E-state index is -3.60. The van der Waals surface area contributed by atoms with Crippen LogP contribution in [-0.4, -0.2) is 20.9 Å². The van der Waals surface area contributed by atoms with Gasteiger partial charge in [0.2, 0.25) is 15.9 Å². The third-order valence-electron chi connectivity index (χ3n) is 3.58. The van der Waals surface area contributed by atoms with E-state index in [2.05, 4.69) is 10.0 Å². The first kappa shape index (κ1) is 18.2. The molecule has 0 atom stereocenters. The molecule has 0 aliphatic heterocycles. The zero-order valence-electron chi connectivity index (χ0n) is 13.9. The van der Waals surface area contributed by atoms with Crippen molar-refractivity contribution in [3.63, 3.8) is 0 Å². The molecule has 0 aliphatic rings. The maximum absolute atomic E-state index is 12.5. The van der Waals surface area contributed by atoms with Crippen molar-refractivity contribution in [1.82, 2.24) is 4.72 Å². The van der Waals surface area contributed by atoms with E-state index in [1.165, 1.54) is 18.6 Å². The van der Waals surface area contributed by atoms with E-state index >= 15 is 0 Å². The van der Waals surface area contributed by atoms with Crippen LogP contribution >= 0.6 is 0 Å². The number of hydrogen-bond donors (Lipinski definition) is 2. The Labute approximate surface area is 143 Å². The highest BCUT2D eigenvalue weighted by Gasteiger charge is 2.17. The molecule has 2 N–H and O–H groups in total. The Hall–Kier alpha value is -2.18. The molecule has 0 heterocycles. The van der Waals surface area contributed by atoms with Gasteiger partial charge >= 0.3 is 0 Å². The highest BCUT2D eigenvalue weighted by molar-refractivity contribution is 7.89. The number of nitrogens with one attached hydrogen (secondary N) is 2. The summed E-state index contributed by atoms with van der Waals surface area (Å²) in [5.74, 6) is -0.238. The monoisotopic (exact) mass is 346 g/mol. The molecule has 0 aromatic heterocycles. The number of rotatable bonds is 7. The van der Waals surface area contributed by atoms with E-state index in [0.717, 1.165) is 6.42 Å². The average molecular weight is 346 g/mol. The molecule has 5 nitrogen and oxygen atoms in total. The first-order chi connectivity index (χ1) is 11.4. The van der Waals surface area contributed by atoms with Gasteiger partial charge in [-0.05, 0) is 43.0 Å². The number of benzene rings is 2. The highest BCUT2D eigenvalue weighted by atomic mass is 32.2. The van der Waals surface area contributed by atoms with Crippen LogP contribution < -0.4 is 10.0 Å². The van der Waals surface area contributed by atoms with Crippen LogP contribution in [0.5, 0.6) is 0 Å². The van der Waals surface area contributed by atoms with Crippen LogP contribution in [0.4, 0.5) is 5.69 Å². The molecule has 2 rings (SSSR count). The van der Waals surface area contributed by atoms with Gasteiger partial charge in [-0.2, -0.15) is 0 Å². The summed E-state index contributed by atoms with van der Waals surface area (Å²) in [5, 5.41) is 2.60. The molecule has 0 saturated heterocycles. The number of carbonyl (C=O) groups is 1. The second-order valence-electron chi connectivity index (χ2n) is 5.65. The minimum Gasteiger partial charge on any atom is -0.326 e. The number of carbonyl (C=O) groups excluding carboxylic acids is 1. The molecule has 0 unspecified atom stereocenters. The number of sulfonamides is 1. The van der Waals surface area contributed by atoms with Gasteiger partial charge in [-0.15, -0.1) is 0 Å². The summed E-state index contributed by atoms with van der Waals surface area (Å²) >= 11 is 0. The molecule has 6 heteroatoms. The molecule has 0 saturated carbocycles. The van der Waals surface area contributed by atoms with Crippen molar-refractivity contribution < 1.29 is 13.2 Å². The zero-order valence-corrected chi connectivity index (χ0v) is 14.7. The van der Waals surface area contributed by atoms with Gasteiger partial charge < -0.3 is 5.32 Å². The van der Waals surface area contributed by atoms with Gasteiger partial charge in [-0.3, -0.25) is 4.79 Å². The lowest BCUT2D eigenvalue weighted by Crippen LogP contribution is -2.26. The minimum absolute atomic E-state index is 0.188. The lowest BCUT2D eigenvalue weighted by molar-refractivity contribution is -0.114. The molecule has 24 heavy (non-hydrogen) atoms. The molecular formula is C18H22N2O3S. The average Bonchev–Trinajstić information content (AvgIpc) is 2.54. The lowest BCUT2D eigenvalue weighted by atomic mass is 10.1. The summed E-state index contributed by atoms with van der Waals surface area (Å²) in [7, 11) is -3.60. The van der Waals surface area contributed by atoms with Gasteiger partial charge in [0.15, 0.2) is 0 Å². The van der Waals surface area contributed by atoms with E-state index in [0.29, 0.717) is 24.2 Å². The topological polar surface area (TPSA) is 75.3 Å². The Morgan fingerprint density at radius 1 is 1.08 bits per heavy atom. The van der Waals surface area contributed by atoms with Crippen molar-refractivity contribution in [2.45, 2.75) is 31.6 Å². The van der Waals surface area contributed by atoms with Crippen LogP contribution in [0.15, 0.2) is 53.4 Å². The van der Waals surface area contributed by atoms with Gasteiger partial charge in [0, 0.05) is 19.2 Å². The van der Waals surface area contributed by atoms with Crippen molar-refractivity contribution in [2.24, 2.45) is 0 Å². The summed E-state index contributed by atoms with van der Waals surface area (Å²) in [6.45, 7) is 3.48. The van der Waals surface area contributed by atoms with Crippen LogP contribution in [-0.2, 0) is 21.2 Å². The molecular weight excluding hydrogens is 324 g/mol. The molecule has 128 valence electrons. The van der Waals surface area contributed by atoms with E-state index in [9.17, 15) is 13.2 Å². The predicted molar refractivity (Wildman–Crippen MR) is 95.4 cm³/mol. The van der Waals surface area contributed by atoms with Gasteiger partial charge in [-0.25, -0.2) is 13.1 Å². The van der Waals surface area contributed by atoms with E-state index in [-0.39, 0.29) is 10.8 Å². The van der Waals surface area contributed by atoms with Crippen LogP contribution in [0.1, 0.15) is 24.5 Å². The van der Waals surface area contributed by atoms with E-state index in [1.54, 1.807) is 19.1 Å². The molecule has 0 aliphatic carbocycles. The van der Waals surface area contributed by atoms with Crippen LogP contribution in [0.2, 0.25) is 0 Å². The van der Waals surface area contributed by atoms with Crippen molar-refractivity contribution in [3.8, 4) is 0 Å². The number of hydrogen-bond acceptors (Lipinski definition) is 3. The number of aryl methyl sites for hydroxylation is 2. The molecule has 2 aromatic carbocycles. The summed E-state index contributed by atoms with van der Waals surface area (Å²) in [6, 6.07) is 14.8. The van der Waals surface area contributed by atoms with Gasteiger partial charge in [0.25, 0.3) is 0 Å². The van der Waals surface area contributed by atoms with Crippen LogP contribution in [0.25, 0.3) is 0 Å². The molecule has 2 aromatic rings. The third kappa shape index (κ3) is 5.18. The maximum Gasteiger partial charge on any atom is 0.240 e. The lowest BCUT2D eigenvalue weighted by Gasteiger charge is -2.11. The highest BCUT2D eigenvalue weighted by Crippen LogP contribution is 2.20. The first-order valence-corrected chi connectivity index (χ1v) is 9.28. The van der Waals surface area contributed by atoms with Gasteiger partial charge in [-0.1, -0.05) is 36.4 Å². The van der Waals surface area contributed by atoms with E-state index in [4.69, 9.17) is 0 Å². The van der Waals surface area contributed by atoms with Crippen molar-refractivity contribution in [3.05, 3.63) is 59.7 Å². The van der Waals surface area contributed by atoms with E-state index < -0.39 is 10.0 Å². The van der Waals surface area contributed by atoms with Crippen LogP contribution in [0, 0.1) is 6.92 Å². The molecule has 0 bridgehead atoms. The quantitative estimate of drug-likeness (QED) is 0.757. The number of anilines is 1. The summed E-state index contributed by atoms with van der Waals surface area (Å²) < 4.78 is 27.6. The third-order valence-corrected chi connectivity index (χ3v) is 5.18. The Morgan fingerprint density at radius 3 is 2.46 bits per heavy atom. The second-order valence-corrected chi connectivity index (χ2v) is 7.38. The van der Waals surface area contributed by atoms with Gasteiger partial charge in [0.1, 0.15) is 0 Å². The molecule has 0 fully saturated rings. The summed E-state index contributed by atoms with van der Waals surface area (Å²) in [6.07, 6.45) is 1.53. The maximum atomic E-state index is 12.5. The first-order valence-electron chi connectivity index (χ1n) is 7.80. The van der Waals surface area contributed by atoms with Crippen LogP contribution in [0.3, 0.4) is 0 Å². The van der Waals surface area contributed by atoms with Crippen molar-refractivity contribution >= 4 is 21.6 Å². The summed E-state index contributed by atoms with van der Waals surface area (Å²) in [5.41, 5.74) is 2.29. The molecule has 0 radical (unpaired) electrons. The molecule has 1 amide bonds.